The predicted octanol–water partition coefficient (Wildman–Crippen LogP) is -0.828. The van der Waals surface area contributed by atoms with Gasteiger partial charge in [-0.15, -0.1) is 0 Å². The second kappa shape index (κ2) is 5.32. The number of hydrogen-bond acceptors (Lipinski definition) is 5. The molecular weight excluding hydrogens is 278 g/mol. The topological polar surface area (TPSA) is 120 Å². The maximum absolute atomic E-state index is 11.9. The third-order valence-corrected chi connectivity index (χ3v) is 3.55. The maximum Gasteiger partial charge on any atom is 0.330 e. The van der Waals surface area contributed by atoms with E-state index in [2.05, 4.69) is 9.97 Å². The van der Waals surface area contributed by atoms with E-state index in [-0.39, 0.29) is 13.0 Å². The first-order valence-corrected chi connectivity index (χ1v) is 6.53. The quantitative estimate of drug-likeness (QED) is 0.589. The summed E-state index contributed by atoms with van der Waals surface area (Å²) in [6.07, 6.45) is 0.915. The molecule has 1 aliphatic rings. The second-order valence-electron chi connectivity index (χ2n) is 4.91. The zero-order valence-electron chi connectivity index (χ0n) is 11.0. The van der Waals surface area contributed by atoms with E-state index >= 15 is 0 Å². The third kappa shape index (κ3) is 2.44. The van der Waals surface area contributed by atoms with Crippen LogP contribution < -0.4 is 11.2 Å². The number of aromatic amines is 2. The molecule has 0 spiro atoms. The Balaban J connectivity index is 2.02. The summed E-state index contributed by atoms with van der Waals surface area (Å²) < 4.78 is 6.65. The first-order chi connectivity index (χ1) is 10.1. The summed E-state index contributed by atoms with van der Waals surface area (Å²) in [6, 6.07) is 3.45. The predicted molar refractivity (Wildman–Crippen MR) is 72.7 cm³/mol. The van der Waals surface area contributed by atoms with Gasteiger partial charge in [-0.05, 0) is 12.1 Å². The van der Waals surface area contributed by atoms with E-state index in [0.29, 0.717) is 11.3 Å². The van der Waals surface area contributed by atoms with Crippen molar-refractivity contribution in [1.82, 2.24) is 14.5 Å². The Morgan fingerprint density at radius 3 is 2.86 bits per heavy atom. The molecule has 21 heavy (non-hydrogen) atoms. The number of hydrogen-bond donors (Lipinski definition) is 4. The molecule has 1 aliphatic heterocycles. The first-order valence-electron chi connectivity index (χ1n) is 6.53. The number of aliphatic hydroxyl groups is 2. The van der Waals surface area contributed by atoms with Gasteiger partial charge in [-0.1, -0.05) is 0 Å². The summed E-state index contributed by atoms with van der Waals surface area (Å²) >= 11 is 0. The molecule has 2 aromatic rings. The number of nitrogens with zero attached hydrogens (tertiary/aromatic N) is 1. The molecule has 0 bridgehead atoms. The van der Waals surface area contributed by atoms with Gasteiger partial charge in [-0.25, -0.2) is 4.79 Å². The average molecular weight is 293 g/mol. The van der Waals surface area contributed by atoms with Gasteiger partial charge in [0.2, 0.25) is 0 Å². The average Bonchev–Trinajstić information content (AvgIpc) is 3.08. The highest BCUT2D eigenvalue weighted by molar-refractivity contribution is 5.56. The van der Waals surface area contributed by atoms with E-state index in [1.165, 1.54) is 10.8 Å². The van der Waals surface area contributed by atoms with E-state index in [0.717, 1.165) is 0 Å². The molecule has 0 aromatic carbocycles. The number of rotatable bonds is 3. The molecule has 1 saturated heterocycles. The molecule has 2 aromatic heterocycles. The molecular formula is C13H15N3O5. The van der Waals surface area contributed by atoms with E-state index in [4.69, 9.17) is 9.84 Å². The van der Waals surface area contributed by atoms with Crippen LogP contribution in [0.15, 0.2) is 34.1 Å². The van der Waals surface area contributed by atoms with Gasteiger partial charge in [0.1, 0.15) is 12.3 Å². The minimum absolute atomic E-state index is 0.168. The van der Waals surface area contributed by atoms with Gasteiger partial charge in [0.05, 0.1) is 24.0 Å². The summed E-state index contributed by atoms with van der Waals surface area (Å²) in [5.74, 6) is 0. The van der Waals surface area contributed by atoms with Crippen LogP contribution in [0, 0.1) is 0 Å². The Bertz CT molecular complexity index is 733. The Labute approximate surface area is 118 Å². The summed E-state index contributed by atoms with van der Waals surface area (Å²) in [7, 11) is 0. The summed E-state index contributed by atoms with van der Waals surface area (Å²) in [5, 5.41) is 18.8. The first kappa shape index (κ1) is 13.8. The molecule has 0 amide bonds. The Morgan fingerprint density at radius 2 is 2.24 bits per heavy atom. The standard InChI is InChI=1S/C13H15N3O5/c17-6-10-9(18)4-11(21-10)16-5-7(8-2-1-3-14-8)12(19)15-13(16)20/h1-3,5,9-11,14,17-18H,4,6H2,(H,15,19,20)/t9-,10+,11+/m0/s1. The van der Waals surface area contributed by atoms with Crippen LogP contribution in [0.4, 0.5) is 0 Å². The van der Waals surface area contributed by atoms with Crippen molar-refractivity contribution in [3.8, 4) is 11.3 Å². The lowest BCUT2D eigenvalue weighted by Crippen LogP contribution is -2.33. The zero-order chi connectivity index (χ0) is 15.0. The third-order valence-electron chi connectivity index (χ3n) is 3.55. The van der Waals surface area contributed by atoms with Gasteiger partial charge >= 0.3 is 5.69 Å². The molecule has 8 heteroatoms. The molecule has 0 unspecified atom stereocenters. The van der Waals surface area contributed by atoms with Crippen molar-refractivity contribution in [1.29, 1.82) is 0 Å². The van der Waals surface area contributed by atoms with Crippen molar-refractivity contribution in [2.75, 3.05) is 6.61 Å². The molecule has 3 atom stereocenters. The minimum Gasteiger partial charge on any atom is -0.394 e. The Hall–Kier alpha value is -2.16. The highest BCUT2D eigenvalue weighted by atomic mass is 16.5. The van der Waals surface area contributed by atoms with Crippen molar-refractivity contribution < 1.29 is 14.9 Å². The SMILES string of the molecule is O=c1[nH]c(=O)n([C@H]2C[C@H](O)[C@@H](CO)O2)cc1-c1ccc[nH]1. The minimum atomic E-state index is -0.854. The molecule has 0 saturated carbocycles. The van der Waals surface area contributed by atoms with Gasteiger partial charge in [-0.3, -0.25) is 14.3 Å². The van der Waals surface area contributed by atoms with E-state index in [1.54, 1.807) is 18.3 Å². The van der Waals surface area contributed by atoms with Crippen LogP contribution in [0.2, 0.25) is 0 Å². The van der Waals surface area contributed by atoms with Gasteiger partial charge in [-0.2, -0.15) is 0 Å². The fourth-order valence-corrected chi connectivity index (χ4v) is 2.44. The van der Waals surface area contributed by atoms with E-state index in [1.807, 2.05) is 0 Å². The highest BCUT2D eigenvalue weighted by Crippen LogP contribution is 2.27. The van der Waals surface area contributed by atoms with Crippen molar-refractivity contribution in [3.05, 3.63) is 45.4 Å². The molecule has 112 valence electrons. The number of ether oxygens (including phenoxy) is 1. The zero-order valence-corrected chi connectivity index (χ0v) is 11.0. The molecule has 3 rings (SSSR count). The molecule has 8 nitrogen and oxygen atoms in total. The van der Waals surface area contributed by atoms with Crippen LogP contribution in [-0.2, 0) is 4.74 Å². The lowest BCUT2D eigenvalue weighted by atomic mass is 10.2. The lowest BCUT2D eigenvalue weighted by Gasteiger charge is -2.15. The van der Waals surface area contributed by atoms with Gasteiger partial charge in [0.25, 0.3) is 5.56 Å². The number of aromatic nitrogens is 3. The summed E-state index contributed by atoms with van der Waals surface area (Å²) in [6.45, 7) is -0.334. The monoisotopic (exact) mass is 293 g/mol. The van der Waals surface area contributed by atoms with Crippen LogP contribution in [0.25, 0.3) is 11.3 Å². The molecule has 1 fully saturated rings. The smallest absolute Gasteiger partial charge is 0.330 e. The molecule has 0 aliphatic carbocycles. The number of aliphatic hydroxyl groups excluding tert-OH is 2. The second-order valence-corrected chi connectivity index (χ2v) is 4.91. The Kier molecular flexibility index (Phi) is 3.50. The number of nitrogens with one attached hydrogen (secondary N) is 2. The van der Waals surface area contributed by atoms with Crippen molar-refractivity contribution >= 4 is 0 Å². The largest absolute Gasteiger partial charge is 0.394 e. The lowest BCUT2D eigenvalue weighted by molar-refractivity contribution is -0.0458. The van der Waals surface area contributed by atoms with Gasteiger partial charge < -0.3 is 19.9 Å². The van der Waals surface area contributed by atoms with Crippen LogP contribution in [0.1, 0.15) is 12.6 Å². The van der Waals surface area contributed by atoms with E-state index < -0.39 is 29.7 Å². The fraction of sp³-hybridized carbons (Fsp3) is 0.385. The fourth-order valence-electron chi connectivity index (χ4n) is 2.44. The van der Waals surface area contributed by atoms with Crippen LogP contribution in [-0.4, -0.2) is 43.6 Å². The van der Waals surface area contributed by atoms with Gasteiger partial charge in [0.15, 0.2) is 0 Å². The summed E-state index contributed by atoms with van der Waals surface area (Å²) in [4.78, 5) is 28.9. The van der Waals surface area contributed by atoms with Crippen molar-refractivity contribution in [2.45, 2.75) is 24.9 Å². The maximum atomic E-state index is 11.9. The molecule has 0 radical (unpaired) electrons. The van der Waals surface area contributed by atoms with Crippen molar-refractivity contribution in [2.24, 2.45) is 0 Å². The van der Waals surface area contributed by atoms with Crippen LogP contribution in [0.3, 0.4) is 0 Å². The Morgan fingerprint density at radius 1 is 1.43 bits per heavy atom. The van der Waals surface area contributed by atoms with E-state index in [9.17, 15) is 14.7 Å². The normalized spacial score (nSPS) is 25.3. The van der Waals surface area contributed by atoms with Crippen LogP contribution >= 0.6 is 0 Å². The van der Waals surface area contributed by atoms with Crippen LogP contribution in [0.5, 0.6) is 0 Å². The summed E-state index contributed by atoms with van der Waals surface area (Å²) in [5.41, 5.74) is -0.255. The van der Waals surface area contributed by atoms with Crippen molar-refractivity contribution in [3.63, 3.8) is 0 Å². The molecule has 3 heterocycles. The molecule has 4 N–H and O–H groups in total. The highest BCUT2D eigenvalue weighted by Gasteiger charge is 2.35. The van der Waals surface area contributed by atoms with Gasteiger partial charge in [0, 0.05) is 18.8 Å². The number of H-pyrrole nitrogens is 2.